The molecule has 2 aliphatic carbocycles. The lowest BCUT2D eigenvalue weighted by molar-refractivity contribution is 0.610. The van der Waals surface area contributed by atoms with E-state index in [4.69, 9.17) is 11.6 Å². The van der Waals surface area contributed by atoms with Gasteiger partial charge in [0.2, 0.25) is 0 Å². The van der Waals surface area contributed by atoms with Gasteiger partial charge >= 0.3 is 0 Å². The van der Waals surface area contributed by atoms with Gasteiger partial charge in [-0.3, -0.25) is 4.98 Å². The maximum absolute atomic E-state index is 13.7. The number of nitrogens with one attached hydrogen (secondary N) is 2. The molecule has 0 spiro atoms. The molecule has 0 saturated heterocycles. The van der Waals surface area contributed by atoms with Crippen molar-refractivity contribution in [3.63, 3.8) is 0 Å². The van der Waals surface area contributed by atoms with Gasteiger partial charge in [-0.05, 0) is 55.0 Å². The number of nitrogens with zero attached hydrogens (tertiary/aromatic N) is 5. The molecular formula is C26H23ClFN7. The van der Waals surface area contributed by atoms with E-state index in [0.717, 1.165) is 19.3 Å². The molecule has 4 aromatic rings. The fourth-order valence-corrected chi connectivity index (χ4v) is 4.50. The first-order valence-corrected chi connectivity index (χ1v) is 12.0. The molecule has 2 fully saturated rings. The van der Waals surface area contributed by atoms with Gasteiger partial charge in [-0.25, -0.2) is 9.07 Å². The molecule has 2 aromatic heterocycles. The van der Waals surface area contributed by atoms with Gasteiger partial charge in [0.15, 0.2) is 0 Å². The zero-order valence-corrected chi connectivity index (χ0v) is 19.7. The summed E-state index contributed by atoms with van der Waals surface area (Å²) in [6, 6.07) is 10.5. The average Bonchev–Trinajstić information content (AvgIpc) is 3.78. The second kappa shape index (κ2) is 8.51. The van der Waals surface area contributed by atoms with Crippen molar-refractivity contribution in [2.75, 3.05) is 10.6 Å². The van der Waals surface area contributed by atoms with Crippen molar-refractivity contribution in [1.82, 2.24) is 20.0 Å². The van der Waals surface area contributed by atoms with Crippen molar-refractivity contribution in [1.29, 1.82) is 5.26 Å². The Morgan fingerprint density at radius 2 is 2.06 bits per heavy atom. The van der Waals surface area contributed by atoms with E-state index in [1.807, 2.05) is 6.07 Å². The van der Waals surface area contributed by atoms with Gasteiger partial charge in [-0.2, -0.15) is 5.26 Å². The van der Waals surface area contributed by atoms with Gasteiger partial charge < -0.3 is 10.6 Å². The van der Waals surface area contributed by atoms with Gasteiger partial charge in [0.05, 0.1) is 41.4 Å². The Balaban J connectivity index is 1.46. The van der Waals surface area contributed by atoms with Crippen LogP contribution in [0.4, 0.5) is 15.8 Å². The van der Waals surface area contributed by atoms with Crippen molar-refractivity contribution in [3.8, 4) is 6.07 Å². The van der Waals surface area contributed by atoms with E-state index in [9.17, 15) is 11.0 Å². The Kier molecular flexibility index (Phi) is 5.02. The van der Waals surface area contributed by atoms with Crippen LogP contribution in [0.1, 0.15) is 56.4 Å². The number of halogens is 2. The molecule has 0 radical (unpaired) electrons. The minimum absolute atomic E-state index is 0.282. The predicted octanol–water partition coefficient (Wildman–Crippen LogP) is 5.85. The van der Waals surface area contributed by atoms with E-state index in [-0.39, 0.29) is 6.04 Å². The standard InChI is InChI=1S/C26H23ClFN7/c1-14-8-22(14)32-24-16(11-29)12-30-26-20(24)9-18(10-21(26)27)31-25(15-2-4-17(28)5-3-15)23-13-35(34-33-23)19-6-7-19/h2-5,9-10,12-14,19,22,25,31H,6-8H2,1H3,(H,30,32)/t14?,22-,25-/m1/s1/i25D. The van der Waals surface area contributed by atoms with Crippen LogP contribution < -0.4 is 10.6 Å². The highest BCUT2D eigenvalue weighted by molar-refractivity contribution is 6.35. The first-order valence-electron chi connectivity index (χ1n) is 12.1. The van der Waals surface area contributed by atoms with Crippen LogP contribution in [0.5, 0.6) is 0 Å². The monoisotopic (exact) mass is 488 g/mol. The van der Waals surface area contributed by atoms with Crippen LogP contribution in [-0.4, -0.2) is 26.0 Å². The summed E-state index contributed by atoms with van der Waals surface area (Å²) in [7, 11) is 0. The van der Waals surface area contributed by atoms with Crippen LogP contribution in [0.15, 0.2) is 48.8 Å². The summed E-state index contributed by atoms with van der Waals surface area (Å²) in [6.45, 7) is 2.15. The average molecular weight is 489 g/mol. The molecule has 7 nitrogen and oxygen atoms in total. The van der Waals surface area contributed by atoms with Crippen molar-refractivity contribution < 1.29 is 5.76 Å². The van der Waals surface area contributed by atoms with Crippen LogP contribution in [0.3, 0.4) is 0 Å². The topological polar surface area (TPSA) is 91.5 Å². The Hall–Kier alpha value is -3.70. The summed E-state index contributed by atoms with van der Waals surface area (Å²) in [5.74, 6) is 0.126. The largest absolute Gasteiger partial charge is 0.380 e. The zero-order chi connectivity index (χ0) is 25.0. The SMILES string of the molecule is [2H][C@@](Nc1cc(Cl)c2ncc(C#N)c(N[C@@H]3CC3C)c2c1)(c1ccc(F)cc1)c1cn(C2CC2)nn1. The first-order chi connectivity index (χ1) is 17.4. The second-order valence-corrected chi connectivity index (χ2v) is 9.71. The summed E-state index contributed by atoms with van der Waals surface area (Å²) in [5, 5.41) is 26.1. The Morgan fingerprint density at radius 3 is 2.74 bits per heavy atom. The third-order valence-corrected chi connectivity index (χ3v) is 6.86. The van der Waals surface area contributed by atoms with Crippen molar-refractivity contribution in [2.45, 2.75) is 44.3 Å². The molecule has 2 heterocycles. The summed E-state index contributed by atoms with van der Waals surface area (Å²) in [5.41, 5.74) is 3.09. The van der Waals surface area contributed by atoms with Gasteiger partial charge in [0, 0.05) is 23.3 Å². The number of nitriles is 1. The highest BCUT2D eigenvalue weighted by Gasteiger charge is 2.33. The van der Waals surface area contributed by atoms with E-state index >= 15 is 0 Å². The van der Waals surface area contributed by atoms with E-state index in [0.29, 0.717) is 56.1 Å². The number of pyridine rings is 1. The highest BCUT2D eigenvalue weighted by Crippen LogP contribution is 2.40. The number of aromatic nitrogens is 4. The van der Waals surface area contributed by atoms with E-state index in [2.05, 4.69) is 38.9 Å². The second-order valence-electron chi connectivity index (χ2n) is 9.30. The quantitative estimate of drug-likeness (QED) is 0.339. The fourth-order valence-electron chi connectivity index (χ4n) is 4.23. The van der Waals surface area contributed by atoms with E-state index in [1.165, 1.54) is 18.3 Å². The van der Waals surface area contributed by atoms with Gasteiger partial charge in [-0.15, -0.1) is 5.10 Å². The number of rotatable bonds is 7. The molecule has 2 saturated carbocycles. The van der Waals surface area contributed by atoms with Crippen molar-refractivity contribution in [3.05, 3.63) is 76.5 Å². The van der Waals surface area contributed by atoms with E-state index < -0.39 is 11.8 Å². The Bertz CT molecular complexity index is 1510. The van der Waals surface area contributed by atoms with Crippen molar-refractivity contribution in [2.24, 2.45) is 5.92 Å². The molecule has 2 aromatic carbocycles. The normalized spacial score (nSPS) is 21.1. The molecule has 1 unspecified atom stereocenters. The van der Waals surface area contributed by atoms with Crippen molar-refractivity contribution >= 4 is 33.9 Å². The first kappa shape index (κ1) is 20.7. The van der Waals surface area contributed by atoms with E-state index in [1.54, 1.807) is 29.1 Å². The molecule has 2 aliphatic rings. The summed E-state index contributed by atoms with van der Waals surface area (Å²) in [6.07, 6.45) is 6.38. The van der Waals surface area contributed by atoms with Crippen LogP contribution in [0.2, 0.25) is 5.02 Å². The molecule has 0 aliphatic heterocycles. The smallest absolute Gasteiger partial charge is 0.123 e. The summed E-state index contributed by atoms with van der Waals surface area (Å²) >= 11 is 6.65. The molecule has 35 heavy (non-hydrogen) atoms. The number of fused-ring (bicyclic) bond motifs is 1. The summed E-state index contributed by atoms with van der Waals surface area (Å²) in [4.78, 5) is 4.42. The van der Waals surface area contributed by atoms with Crippen LogP contribution in [0.25, 0.3) is 10.9 Å². The minimum atomic E-state index is -1.57. The number of hydrogen-bond donors (Lipinski definition) is 2. The molecule has 2 N–H and O–H groups in total. The zero-order valence-electron chi connectivity index (χ0n) is 20.0. The molecule has 0 bridgehead atoms. The summed E-state index contributed by atoms with van der Waals surface area (Å²) < 4.78 is 25.0. The Morgan fingerprint density at radius 1 is 1.29 bits per heavy atom. The van der Waals surface area contributed by atoms with Crippen LogP contribution in [0, 0.1) is 23.1 Å². The third-order valence-electron chi connectivity index (χ3n) is 6.57. The maximum Gasteiger partial charge on any atom is 0.123 e. The lowest BCUT2D eigenvalue weighted by atomic mass is 10.0. The fraction of sp³-hybridized carbons (Fsp3) is 0.308. The highest BCUT2D eigenvalue weighted by atomic mass is 35.5. The third kappa shape index (κ3) is 4.28. The minimum Gasteiger partial charge on any atom is -0.380 e. The number of anilines is 2. The molecular weight excluding hydrogens is 465 g/mol. The van der Waals surface area contributed by atoms with Gasteiger partial charge in [-0.1, -0.05) is 35.9 Å². The van der Waals surface area contributed by atoms with Gasteiger partial charge in [0.1, 0.15) is 17.6 Å². The molecule has 3 atom stereocenters. The molecule has 0 amide bonds. The predicted molar refractivity (Wildman–Crippen MR) is 133 cm³/mol. The lowest BCUT2D eigenvalue weighted by Crippen LogP contribution is -2.13. The molecule has 9 heteroatoms. The number of benzene rings is 2. The lowest BCUT2D eigenvalue weighted by Gasteiger charge is -2.20. The maximum atomic E-state index is 13.7. The number of hydrogen-bond acceptors (Lipinski definition) is 6. The van der Waals surface area contributed by atoms with Crippen LogP contribution >= 0.6 is 11.6 Å². The van der Waals surface area contributed by atoms with Gasteiger partial charge in [0.25, 0.3) is 0 Å². The Labute approximate surface area is 208 Å². The molecule has 176 valence electrons. The van der Waals surface area contributed by atoms with Crippen LogP contribution in [-0.2, 0) is 0 Å². The molecule has 6 rings (SSSR count).